The molecule has 0 aliphatic heterocycles. The van der Waals surface area contributed by atoms with Crippen LogP contribution in [0, 0.1) is 5.82 Å². The molecular formula is C19H22FNO4S. The maximum atomic E-state index is 13.0. The predicted octanol–water partition coefficient (Wildman–Crippen LogP) is 3.26. The van der Waals surface area contributed by atoms with Crippen LogP contribution in [-0.4, -0.2) is 26.7 Å². The number of hydrogen-bond acceptors (Lipinski definition) is 4. The van der Waals surface area contributed by atoms with E-state index in [-0.39, 0.29) is 22.7 Å². The molecule has 140 valence electrons. The first-order chi connectivity index (χ1) is 12.2. The van der Waals surface area contributed by atoms with E-state index in [0.717, 1.165) is 11.8 Å². The van der Waals surface area contributed by atoms with Crippen molar-refractivity contribution in [1.29, 1.82) is 0 Å². The lowest BCUT2D eigenvalue weighted by Crippen LogP contribution is -2.39. The molecule has 0 aliphatic rings. The molecule has 2 aromatic rings. The Labute approximate surface area is 153 Å². The van der Waals surface area contributed by atoms with Gasteiger partial charge in [-0.1, -0.05) is 19.1 Å². The fraction of sp³-hybridized carbons (Fsp3) is 0.316. The Kier molecular flexibility index (Phi) is 6.37. The van der Waals surface area contributed by atoms with Gasteiger partial charge in [0, 0.05) is 6.26 Å². The number of halogens is 1. The Bertz CT molecular complexity index is 848. The van der Waals surface area contributed by atoms with Crippen molar-refractivity contribution in [3.05, 3.63) is 59.9 Å². The third kappa shape index (κ3) is 5.29. The summed E-state index contributed by atoms with van der Waals surface area (Å²) in [5.41, 5.74) is 0.780. The molecule has 0 fully saturated rings. The molecule has 26 heavy (non-hydrogen) atoms. The highest BCUT2D eigenvalue weighted by Gasteiger charge is 2.21. The molecular weight excluding hydrogens is 357 g/mol. The van der Waals surface area contributed by atoms with Crippen LogP contribution in [0.15, 0.2) is 53.4 Å². The van der Waals surface area contributed by atoms with Crippen LogP contribution in [0.1, 0.15) is 31.9 Å². The molecule has 7 heteroatoms. The molecule has 1 N–H and O–H groups in total. The summed E-state index contributed by atoms with van der Waals surface area (Å²) in [4.78, 5) is 12.7. The quantitative estimate of drug-likeness (QED) is 0.801. The van der Waals surface area contributed by atoms with Gasteiger partial charge in [0.05, 0.1) is 10.9 Å². The highest BCUT2D eigenvalue weighted by atomic mass is 32.2. The zero-order valence-corrected chi connectivity index (χ0v) is 15.7. The van der Waals surface area contributed by atoms with E-state index >= 15 is 0 Å². The molecule has 5 nitrogen and oxygen atoms in total. The summed E-state index contributed by atoms with van der Waals surface area (Å²) in [6.45, 7) is 3.62. The Morgan fingerprint density at radius 3 is 2.19 bits per heavy atom. The van der Waals surface area contributed by atoms with Crippen molar-refractivity contribution in [2.45, 2.75) is 37.3 Å². The van der Waals surface area contributed by atoms with Crippen molar-refractivity contribution < 1.29 is 22.3 Å². The average molecular weight is 379 g/mol. The number of sulfone groups is 1. The van der Waals surface area contributed by atoms with Gasteiger partial charge in [0.25, 0.3) is 5.91 Å². The zero-order valence-electron chi connectivity index (χ0n) is 14.9. The van der Waals surface area contributed by atoms with Gasteiger partial charge < -0.3 is 10.1 Å². The lowest BCUT2D eigenvalue weighted by atomic mass is 10.1. The van der Waals surface area contributed by atoms with E-state index in [0.29, 0.717) is 12.2 Å². The van der Waals surface area contributed by atoms with E-state index in [2.05, 4.69) is 5.32 Å². The van der Waals surface area contributed by atoms with E-state index in [9.17, 15) is 17.6 Å². The minimum Gasteiger partial charge on any atom is -0.481 e. The number of carbonyl (C=O) groups excluding carboxylic acids is 1. The molecule has 0 spiro atoms. The first kappa shape index (κ1) is 19.9. The predicted molar refractivity (Wildman–Crippen MR) is 97.2 cm³/mol. The number of amides is 1. The van der Waals surface area contributed by atoms with Gasteiger partial charge in [-0.05, 0) is 55.3 Å². The third-order valence-corrected chi connectivity index (χ3v) is 5.05. The molecule has 0 heterocycles. The molecule has 2 aromatic carbocycles. The minimum atomic E-state index is -3.26. The first-order valence-corrected chi connectivity index (χ1v) is 10.1. The summed E-state index contributed by atoms with van der Waals surface area (Å²) in [5.74, 6) is -0.254. The molecule has 0 unspecified atom stereocenters. The summed E-state index contributed by atoms with van der Waals surface area (Å²) in [6.07, 6.45) is 0.882. The summed E-state index contributed by atoms with van der Waals surface area (Å²) >= 11 is 0. The maximum absolute atomic E-state index is 13.0. The van der Waals surface area contributed by atoms with Gasteiger partial charge in [0.1, 0.15) is 11.6 Å². The van der Waals surface area contributed by atoms with Gasteiger partial charge in [0.2, 0.25) is 0 Å². The van der Waals surface area contributed by atoms with Crippen LogP contribution < -0.4 is 10.1 Å². The number of ether oxygens (including phenoxy) is 1. The van der Waals surface area contributed by atoms with E-state index in [1.165, 1.54) is 36.4 Å². The SMILES string of the molecule is CC[C@@H](Oc1ccc(F)cc1)C(=O)N[C@H](C)c1ccc(S(C)(=O)=O)cc1. The second-order valence-electron chi connectivity index (χ2n) is 6.04. The van der Waals surface area contributed by atoms with E-state index in [4.69, 9.17) is 4.74 Å². The van der Waals surface area contributed by atoms with E-state index in [1.807, 2.05) is 6.92 Å². The van der Waals surface area contributed by atoms with Crippen molar-refractivity contribution >= 4 is 15.7 Å². The second kappa shape index (κ2) is 8.31. The second-order valence-corrected chi connectivity index (χ2v) is 8.06. The highest BCUT2D eigenvalue weighted by molar-refractivity contribution is 7.90. The Hall–Kier alpha value is -2.41. The largest absolute Gasteiger partial charge is 0.481 e. The monoisotopic (exact) mass is 379 g/mol. The van der Waals surface area contributed by atoms with Gasteiger partial charge >= 0.3 is 0 Å². The van der Waals surface area contributed by atoms with Crippen LogP contribution >= 0.6 is 0 Å². The topological polar surface area (TPSA) is 72.5 Å². The molecule has 2 atom stereocenters. The summed E-state index contributed by atoms with van der Waals surface area (Å²) in [7, 11) is -3.26. The van der Waals surface area contributed by atoms with Crippen molar-refractivity contribution in [1.82, 2.24) is 5.32 Å². The molecule has 2 rings (SSSR count). The van der Waals surface area contributed by atoms with Crippen LogP contribution in [0.4, 0.5) is 4.39 Å². The van der Waals surface area contributed by atoms with Gasteiger partial charge in [-0.3, -0.25) is 4.79 Å². The lowest BCUT2D eigenvalue weighted by Gasteiger charge is -2.21. The van der Waals surface area contributed by atoms with Gasteiger partial charge in [0.15, 0.2) is 15.9 Å². The van der Waals surface area contributed by atoms with Crippen molar-refractivity contribution in [3.63, 3.8) is 0 Å². The molecule has 1 amide bonds. The molecule has 0 aliphatic carbocycles. The van der Waals surface area contributed by atoms with Crippen LogP contribution in [0.5, 0.6) is 5.75 Å². The number of nitrogens with one attached hydrogen (secondary N) is 1. The average Bonchev–Trinajstić information content (AvgIpc) is 2.60. The number of rotatable bonds is 7. The van der Waals surface area contributed by atoms with Crippen molar-refractivity contribution in [2.24, 2.45) is 0 Å². The number of benzene rings is 2. The van der Waals surface area contributed by atoms with Gasteiger partial charge in [-0.2, -0.15) is 0 Å². The van der Waals surface area contributed by atoms with Gasteiger partial charge in [-0.15, -0.1) is 0 Å². The fourth-order valence-electron chi connectivity index (χ4n) is 2.39. The highest BCUT2D eigenvalue weighted by Crippen LogP contribution is 2.18. The van der Waals surface area contributed by atoms with Crippen LogP contribution in [0.2, 0.25) is 0 Å². The van der Waals surface area contributed by atoms with Gasteiger partial charge in [-0.25, -0.2) is 12.8 Å². The molecule has 0 saturated carbocycles. The van der Waals surface area contributed by atoms with Crippen LogP contribution in [-0.2, 0) is 14.6 Å². The Morgan fingerprint density at radius 2 is 1.69 bits per heavy atom. The fourth-order valence-corrected chi connectivity index (χ4v) is 3.02. The van der Waals surface area contributed by atoms with Crippen molar-refractivity contribution in [2.75, 3.05) is 6.26 Å². The van der Waals surface area contributed by atoms with E-state index in [1.54, 1.807) is 19.1 Å². The normalized spacial score (nSPS) is 13.7. The molecule has 0 radical (unpaired) electrons. The van der Waals surface area contributed by atoms with Crippen LogP contribution in [0.25, 0.3) is 0 Å². The minimum absolute atomic E-state index is 0.228. The maximum Gasteiger partial charge on any atom is 0.261 e. The summed E-state index contributed by atoms with van der Waals surface area (Å²) < 4.78 is 41.6. The zero-order chi connectivity index (χ0) is 19.3. The number of carbonyl (C=O) groups is 1. The first-order valence-electron chi connectivity index (χ1n) is 8.23. The van der Waals surface area contributed by atoms with Crippen molar-refractivity contribution in [3.8, 4) is 5.75 Å². The smallest absolute Gasteiger partial charge is 0.261 e. The Morgan fingerprint density at radius 1 is 1.12 bits per heavy atom. The van der Waals surface area contributed by atoms with Crippen LogP contribution in [0.3, 0.4) is 0 Å². The van der Waals surface area contributed by atoms with E-state index < -0.39 is 15.9 Å². The third-order valence-electron chi connectivity index (χ3n) is 3.92. The standard InChI is InChI=1S/C19H22FNO4S/c1-4-18(25-16-9-7-15(20)8-10-16)19(22)21-13(2)14-5-11-17(12-6-14)26(3,23)24/h5-13,18H,4H2,1-3H3,(H,21,22)/t13-,18-/m1/s1. The Balaban J connectivity index is 2.03. The lowest BCUT2D eigenvalue weighted by molar-refractivity contribution is -0.128. The molecule has 0 bridgehead atoms. The summed E-state index contributed by atoms with van der Waals surface area (Å²) in [6, 6.07) is 11.5. The summed E-state index contributed by atoms with van der Waals surface area (Å²) in [5, 5.41) is 2.85. The number of hydrogen-bond donors (Lipinski definition) is 1. The molecule has 0 aromatic heterocycles. The molecule has 0 saturated heterocycles.